The summed E-state index contributed by atoms with van der Waals surface area (Å²) in [4.78, 5) is 10.2. The van der Waals surface area contributed by atoms with E-state index in [0.717, 1.165) is 34.5 Å². The topological polar surface area (TPSA) is 48.6 Å². The Balaban J connectivity index is 0.000000989. The van der Waals surface area contributed by atoms with E-state index in [0.29, 0.717) is 23.7 Å². The smallest absolute Gasteiger partial charge is 0.101 e. The number of aliphatic imine (C=N–C) groups is 1. The van der Waals surface area contributed by atoms with E-state index in [-0.39, 0.29) is 0 Å². The Labute approximate surface area is 180 Å². The maximum absolute atomic E-state index is 9.58. The van der Waals surface area contributed by atoms with E-state index < -0.39 is 0 Å². The number of anilines is 1. The molecule has 2 aromatic rings. The van der Waals surface area contributed by atoms with Crippen LogP contribution in [0.3, 0.4) is 0 Å². The Bertz CT molecular complexity index is 884. The lowest BCUT2D eigenvalue weighted by molar-refractivity contribution is 0.0997. The van der Waals surface area contributed by atoms with Crippen molar-refractivity contribution in [3.63, 3.8) is 0 Å². The van der Waals surface area contributed by atoms with Crippen molar-refractivity contribution in [3.8, 4) is 6.07 Å². The van der Waals surface area contributed by atoms with E-state index in [1.54, 1.807) is 18.2 Å². The molecule has 0 saturated heterocycles. The zero-order chi connectivity index (χ0) is 21.8. The van der Waals surface area contributed by atoms with Crippen LogP contribution in [-0.4, -0.2) is 19.3 Å². The van der Waals surface area contributed by atoms with Gasteiger partial charge in [-0.3, -0.25) is 14.9 Å². The first-order valence-electron chi connectivity index (χ1n) is 9.98. The minimum absolute atomic E-state index is 0.361. The van der Waals surface area contributed by atoms with E-state index in [4.69, 9.17) is 16.4 Å². The molecule has 0 radical (unpaired) electrons. The number of hydrogen-bond acceptors (Lipinski definition) is 4. The number of nitriles is 1. The Kier molecular flexibility index (Phi) is 10.8. The molecule has 0 fully saturated rings. The van der Waals surface area contributed by atoms with Crippen LogP contribution in [0.15, 0.2) is 54.0 Å². The third-order valence-electron chi connectivity index (χ3n) is 4.21. The maximum Gasteiger partial charge on any atom is 0.101 e. The molecule has 154 valence electrons. The summed E-state index contributed by atoms with van der Waals surface area (Å²) in [6, 6.07) is 13.7. The molecule has 3 rings (SSSR count). The average Bonchev–Trinajstić information content (AvgIpc) is 3.19. The summed E-state index contributed by atoms with van der Waals surface area (Å²) in [5.41, 5.74) is 5.08. The van der Waals surface area contributed by atoms with Crippen molar-refractivity contribution in [2.24, 2.45) is 4.99 Å². The number of benzene rings is 2. The zero-order valence-corrected chi connectivity index (χ0v) is 18.8. The highest BCUT2D eigenvalue weighted by Crippen LogP contribution is 2.34. The minimum Gasteiger partial charge on any atom is -0.288 e. The summed E-state index contributed by atoms with van der Waals surface area (Å²) in [5, 5.41) is 12.0. The highest BCUT2D eigenvalue weighted by Gasteiger charge is 2.25. The zero-order valence-electron chi connectivity index (χ0n) is 18.0. The fraction of sp³-hybridized carbons (Fsp3) is 0.333. The summed E-state index contributed by atoms with van der Waals surface area (Å²) in [5.74, 6) is 0. The molecule has 0 saturated carbocycles. The van der Waals surface area contributed by atoms with Crippen LogP contribution in [0.25, 0.3) is 0 Å². The van der Waals surface area contributed by atoms with Crippen molar-refractivity contribution in [2.45, 2.75) is 40.7 Å². The summed E-state index contributed by atoms with van der Waals surface area (Å²) < 4.78 is 0. The van der Waals surface area contributed by atoms with Crippen molar-refractivity contribution in [1.29, 1.82) is 5.26 Å². The molecule has 4 nitrogen and oxygen atoms in total. The van der Waals surface area contributed by atoms with Gasteiger partial charge < -0.3 is 0 Å². The van der Waals surface area contributed by atoms with Gasteiger partial charge in [0.1, 0.15) is 12.7 Å². The Morgan fingerprint density at radius 3 is 2.55 bits per heavy atom. The maximum atomic E-state index is 9.58. The van der Waals surface area contributed by atoms with Crippen molar-refractivity contribution < 1.29 is 4.84 Å². The van der Waals surface area contributed by atoms with E-state index in [1.165, 1.54) is 0 Å². The highest BCUT2D eigenvalue weighted by atomic mass is 35.5. The van der Waals surface area contributed by atoms with Crippen LogP contribution in [0.5, 0.6) is 0 Å². The number of halogens is 1. The van der Waals surface area contributed by atoms with Gasteiger partial charge in [0.15, 0.2) is 0 Å². The van der Waals surface area contributed by atoms with Crippen LogP contribution < -0.4 is 5.06 Å². The number of nitrogens with zero attached hydrogens (tertiary/aromatic N) is 3. The van der Waals surface area contributed by atoms with Crippen LogP contribution in [0.4, 0.5) is 5.69 Å². The van der Waals surface area contributed by atoms with Gasteiger partial charge in [-0.2, -0.15) is 5.26 Å². The molecular formula is C24H30ClN3O. The summed E-state index contributed by atoms with van der Waals surface area (Å²) in [6.45, 7) is 12.8. The first-order valence-corrected chi connectivity index (χ1v) is 10.4. The summed E-state index contributed by atoms with van der Waals surface area (Å²) >= 11 is 6.18. The van der Waals surface area contributed by atoms with E-state index in [9.17, 15) is 5.26 Å². The van der Waals surface area contributed by atoms with Gasteiger partial charge in [0.05, 0.1) is 17.0 Å². The lowest BCUT2D eigenvalue weighted by Crippen LogP contribution is -2.21. The molecular weight excluding hydrogens is 382 g/mol. The monoisotopic (exact) mass is 411 g/mol. The average molecular weight is 412 g/mol. The Morgan fingerprint density at radius 1 is 1.28 bits per heavy atom. The van der Waals surface area contributed by atoms with Crippen LogP contribution in [-0.2, 0) is 17.9 Å². The van der Waals surface area contributed by atoms with Crippen LogP contribution in [0, 0.1) is 11.3 Å². The minimum atomic E-state index is 0.361. The highest BCUT2D eigenvalue weighted by molar-refractivity contribution is 6.31. The van der Waals surface area contributed by atoms with Gasteiger partial charge >= 0.3 is 0 Å². The van der Waals surface area contributed by atoms with Crippen molar-refractivity contribution in [1.82, 2.24) is 0 Å². The molecule has 0 spiro atoms. The fourth-order valence-corrected chi connectivity index (χ4v) is 3.17. The second-order valence-electron chi connectivity index (χ2n) is 5.67. The number of hydroxylamine groups is 1. The normalized spacial score (nSPS) is 12.0. The van der Waals surface area contributed by atoms with Gasteiger partial charge in [-0.15, -0.1) is 0 Å². The van der Waals surface area contributed by atoms with Crippen molar-refractivity contribution in [2.75, 3.05) is 18.7 Å². The van der Waals surface area contributed by atoms with Gasteiger partial charge in [0.25, 0.3) is 0 Å². The summed E-state index contributed by atoms with van der Waals surface area (Å²) in [7, 11) is 1.72. The van der Waals surface area contributed by atoms with Gasteiger partial charge in [-0.05, 0) is 41.8 Å². The standard InChI is InChI=1S/C20H18ClN3O.2C2H6/c1-3-19(23-2)16-10-14-8-9-24(20(14)17(11-16)12-22)25-13-15-6-4-5-7-18(15)21;2*1-2/h3-7,10-11H,1,8-9,13H2,2H3;2*1-2H3. The lowest BCUT2D eigenvalue weighted by Gasteiger charge is -2.20. The van der Waals surface area contributed by atoms with E-state index in [1.807, 2.05) is 58.0 Å². The molecule has 5 heteroatoms. The molecule has 2 aromatic carbocycles. The van der Waals surface area contributed by atoms with Crippen LogP contribution >= 0.6 is 11.6 Å². The van der Waals surface area contributed by atoms with E-state index >= 15 is 0 Å². The third kappa shape index (κ3) is 5.93. The van der Waals surface area contributed by atoms with Gasteiger partial charge in [-0.1, -0.05) is 64.1 Å². The van der Waals surface area contributed by atoms with Gasteiger partial charge in [0, 0.05) is 24.2 Å². The van der Waals surface area contributed by atoms with Crippen LogP contribution in [0.1, 0.15) is 49.9 Å². The quantitative estimate of drug-likeness (QED) is 0.537. The molecule has 1 aliphatic rings. The second kappa shape index (κ2) is 12.8. The molecule has 0 N–H and O–H groups in total. The number of fused-ring (bicyclic) bond motifs is 1. The van der Waals surface area contributed by atoms with Crippen molar-refractivity contribution >= 4 is 23.0 Å². The molecule has 0 amide bonds. The third-order valence-corrected chi connectivity index (χ3v) is 4.58. The molecule has 0 unspecified atom stereocenters. The molecule has 0 aromatic heterocycles. The summed E-state index contributed by atoms with van der Waals surface area (Å²) in [6.07, 6.45) is 2.51. The Hall–Kier alpha value is -2.61. The first-order chi connectivity index (χ1) is 14.2. The molecule has 29 heavy (non-hydrogen) atoms. The van der Waals surface area contributed by atoms with Crippen LogP contribution in [0.2, 0.25) is 5.02 Å². The predicted octanol–water partition coefficient (Wildman–Crippen LogP) is 6.36. The molecule has 0 aliphatic carbocycles. The largest absolute Gasteiger partial charge is 0.288 e. The molecule has 0 bridgehead atoms. The molecule has 0 atom stereocenters. The SMILES string of the molecule is C=CC(=NC)c1cc(C#N)c2c(c1)CCN2OCc1ccccc1Cl.CC.CC. The first kappa shape index (κ1) is 24.4. The van der Waals surface area contributed by atoms with Crippen molar-refractivity contribution in [3.05, 3.63) is 76.3 Å². The molecule has 1 heterocycles. The van der Waals surface area contributed by atoms with E-state index in [2.05, 4.69) is 23.7 Å². The number of allylic oxidation sites excluding steroid dienone is 1. The fourth-order valence-electron chi connectivity index (χ4n) is 2.98. The number of rotatable bonds is 5. The number of hydrogen-bond donors (Lipinski definition) is 0. The van der Waals surface area contributed by atoms with Gasteiger partial charge in [-0.25, -0.2) is 0 Å². The van der Waals surface area contributed by atoms with Gasteiger partial charge in [0.2, 0.25) is 0 Å². The lowest BCUT2D eigenvalue weighted by atomic mass is 10.0. The predicted molar refractivity (Wildman–Crippen MR) is 124 cm³/mol. The second-order valence-corrected chi connectivity index (χ2v) is 6.08. The Morgan fingerprint density at radius 2 is 1.97 bits per heavy atom. The molecule has 1 aliphatic heterocycles.